The van der Waals surface area contributed by atoms with E-state index in [0.717, 1.165) is 12.8 Å². The number of hydrogen-bond donors (Lipinski definition) is 1. The van der Waals surface area contributed by atoms with Crippen molar-refractivity contribution in [3.05, 3.63) is 27.7 Å². The molecule has 0 radical (unpaired) electrons. The monoisotopic (exact) mass is 289 g/mol. The van der Waals surface area contributed by atoms with Crippen LogP contribution in [0.3, 0.4) is 0 Å². The molecule has 3 nitrogen and oxygen atoms in total. The molecule has 0 aliphatic heterocycles. The summed E-state index contributed by atoms with van der Waals surface area (Å²) in [6.45, 7) is 4.53. The smallest absolute Gasteiger partial charge is 0.338 e. The Morgan fingerprint density at radius 2 is 2.11 bits per heavy atom. The summed E-state index contributed by atoms with van der Waals surface area (Å²) in [7, 11) is 0. The number of rotatable bonds is 5. The lowest BCUT2D eigenvalue weighted by molar-refractivity contribution is 0.0443. The van der Waals surface area contributed by atoms with Crippen LogP contribution < -0.4 is 5.73 Å². The van der Waals surface area contributed by atoms with E-state index in [4.69, 9.17) is 33.7 Å². The van der Waals surface area contributed by atoms with Crippen LogP contribution in [0, 0.1) is 5.92 Å². The van der Waals surface area contributed by atoms with Crippen LogP contribution in [-0.4, -0.2) is 12.6 Å². The molecule has 1 aromatic rings. The molecule has 0 aliphatic rings. The van der Waals surface area contributed by atoms with Crippen LogP contribution in [0.4, 0.5) is 5.69 Å². The van der Waals surface area contributed by atoms with Crippen LogP contribution >= 0.6 is 23.2 Å². The summed E-state index contributed by atoms with van der Waals surface area (Å²) >= 11 is 11.7. The van der Waals surface area contributed by atoms with E-state index in [1.54, 1.807) is 0 Å². The molecule has 100 valence electrons. The van der Waals surface area contributed by atoms with E-state index in [0.29, 0.717) is 18.1 Å². The van der Waals surface area contributed by atoms with Gasteiger partial charge in [-0.2, -0.15) is 0 Å². The summed E-state index contributed by atoms with van der Waals surface area (Å²) < 4.78 is 5.20. The van der Waals surface area contributed by atoms with Crippen LogP contribution in [0.15, 0.2) is 12.1 Å². The number of ether oxygens (including phenoxy) is 1. The second-order valence-electron chi connectivity index (χ2n) is 4.35. The number of benzene rings is 1. The molecular weight excluding hydrogens is 273 g/mol. The predicted octanol–water partition coefficient (Wildman–Crippen LogP) is 4.17. The zero-order valence-electron chi connectivity index (χ0n) is 10.5. The molecule has 0 heterocycles. The van der Waals surface area contributed by atoms with Gasteiger partial charge in [0.1, 0.15) is 0 Å². The highest BCUT2D eigenvalue weighted by Crippen LogP contribution is 2.29. The largest absolute Gasteiger partial charge is 0.462 e. The maximum Gasteiger partial charge on any atom is 0.338 e. The van der Waals surface area contributed by atoms with Crippen molar-refractivity contribution >= 4 is 34.9 Å². The van der Waals surface area contributed by atoms with Crippen molar-refractivity contribution < 1.29 is 9.53 Å². The molecule has 1 rings (SSSR count). The molecule has 0 amide bonds. The molecule has 0 bridgehead atoms. The second kappa shape index (κ2) is 6.86. The standard InChI is InChI=1S/C13H17Cl2NO2/c1-3-4-8(2)7-18-13(17)9-5-10(14)12(15)11(16)6-9/h5-6,8H,3-4,7,16H2,1-2H3. The van der Waals surface area contributed by atoms with Gasteiger partial charge >= 0.3 is 5.97 Å². The van der Waals surface area contributed by atoms with E-state index in [1.807, 2.05) is 6.92 Å². The van der Waals surface area contributed by atoms with Gasteiger partial charge in [-0.05, 0) is 24.5 Å². The number of carbonyl (C=O) groups is 1. The molecule has 0 spiro atoms. The third-order valence-corrected chi connectivity index (χ3v) is 3.39. The molecule has 1 aromatic carbocycles. The van der Waals surface area contributed by atoms with Gasteiger partial charge in [0.25, 0.3) is 0 Å². The van der Waals surface area contributed by atoms with Crippen molar-refractivity contribution in [2.24, 2.45) is 5.92 Å². The number of carbonyl (C=O) groups excluding carboxylic acids is 1. The van der Waals surface area contributed by atoms with E-state index >= 15 is 0 Å². The Bertz CT molecular complexity index is 412. The minimum atomic E-state index is -0.428. The highest BCUT2D eigenvalue weighted by Gasteiger charge is 2.13. The average molecular weight is 290 g/mol. The van der Waals surface area contributed by atoms with Crippen LogP contribution in [0.1, 0.15) is 37.0 Å². The zero-order valence-corrected chi connectivity index (χ0v) is 12.0. The summed E-state index contributed by atoms with van der Waals surface area (Å²) in [5.74, 6) is -0.0812. The van der Waals surface area contributed by atoms with Gasteiger partial charge in [-0.15, -0.1) is 0 Å². The highest BCUT2D eigenvalue weighted by atomic mass is 35.5. The summed E-state index contributed by atoms with van der Waals surface area (Å²) in [5, 5.41) is 0.512. The van der Waals surface area contributed by atoms with E-state index < -0.39 is 5.97 Å². The molecule has 18 heavy (non-hydrogen) atoms. The fourth-order valence-electron chi connectivity index (χ4n) is 1.61. The van der Waals surface area contributed by atoms with E-state index in [1.165, 1.54) is 12.1 Å². The lowest BCUT2D eigenvalue weighted by atomic mass is 10.1. The first-order valence-corrected chi connectivity index (χ1v) is 6.63. The fraction of sp³-hybridized carbons (Fsp3) is 0.462. The van der Waals surface area contributed by atoms with Crippen LogP contribution in [-0.2, 0) is 4.74 Å². The quantitative estimate of drug-likeness (QED) is 0.654. The lowest BCUT2D eigenvalue weighted by Crippen LogP contribution is -2.12. The van der Waals surface area contributed by atoms with Crippen molar-refractivity contribution in [1.82, 2.24) is 0 Å². The van der Waals surface area contributed by atoms with Gasteiger partial charge in [-0.25, -0.2) is 4.79 Å². The Morgan fingerprint density at radius 3 is 2.67 bits per heavy atom. The number of halogens is 2. The maximum absolute atomic E-state index is 11.8. The van der Waals surface area contributed by atoms with Crippen molar-refractivity contribution in [1.29, 1.82) is 0 Å². The fourth-order valence-corrected chi connectivity index (χ4v) is 1.94. The van der Waals surface area contributed by atoms with Crippen molar-refractivity contribution in [2.45, 2.75) is 26.7 Å². The van der Waals surface area contributed by atoms with Gasteiger partial charge in [0, 0.05) is 0 Å². The predicted molar refractivity (Wildman–Crippen MR) is 75.2 cm³/mol. The molecule has 5 heteroatoms. The number of nitrogen functional groups attached to an aromatic ring is 1. The molecule has 0 aliphatic carbocycles. The normalized spacial score (nSPS) is 12.2. The summed E-state index contributed by atoms with van der Waals surface area (Å²) in [6.07, 6.45) is 2.09. The molecule has 1 atom stereocenters. The second-order valence-corrected chi connectivity index (χ2v) is 5.14. The van der Waals surface area contributed by atoms with Gasteiger partial charge in [0.2, 0.25) is 0 Å². The summed E-state index contributed by atoms with van der Waals surface area (Å²) in [4.78, 5) is 11.8. The first-order chi connectivity index (χ1) is 8.45. The minimum absolute atomic E-state index is 0.255. The van der Waals surface area contributed by atoms with Gasteiger partial charge in [0.05, 0.1) is 27.9 Å². The van der Waals surface area contributed by atoms with Gasteiger partial charge in [-0.3, -0.25) is 0 Å². The van der Waals surface area contributed by atoms with Crippen molar-refractivity contribution in [3.8, 4) is 0 Å². The van der Waals surface area contributed by atoms with Crippen molar-refractivity contribution in [2.75, 3.05) is 12.3 Å². The Hall–Kier alpha value is -0.930. The van der Waals surface area contributed by atoms with E-state index in [-0.39, 0.29) is 15.7 Å². The Kier molecular flexibility index (Phi) is 5.76. The first kappa shape index (κ1) is 15.1. The van der Waals surface area contributed by atoms with Gasteiger partial charge in [-0.1, -0.05) is 43.5 Å². The van der Waals surface area contributed by atoms with Gasteiger partial charge in [0.15, 0.2) is 0 Å². The van der Waals surface area contributed by atoms with Gasteiger partial charge < -0.3 is 10.5 Å². The SMILES string of the molecule is CCCC(C)COC(=O)c1cc(N)c(Cl)c(Cl)c1. The number of anilines is 1. The molecule has 2 N–H and O–H groups in total. The first-order valence-electron chi connectivity index (χ1n) is 5.87. The Labute approximate surface area is 117 Å². The Morgan fingerprint density at radius 1 is 1.44 bits per heavy atom. The summed E-state index contributed by atoms with van der Waals surface area (Å²) in [6, 6.07) is 2.94. The molecule has 0 saturated heterocycles. The zero-order chi connectivity index (χ0) is 13.7. The summed E-state index contributed by atoms with van der Waals surface area (Å²) in [5.41, 5.74) is 6.24. The topological polar surface area (TPSA) is 52.3 Å². The van der Waals surface area contributed by atoms with Crippen LogP contribution in [0.25, 0.3) is 0 Å². The maximum atomic E-state index is 11.8. The average Bonchev–Trinajstić information content (AvgIpc) is 2.32. The number of nitrogens with two attached hydrogens (primary N) is 1. The molecular formula is C13H17Cl2NO2. The number of esters is 1. The third kappa shape index (κ3) is 4.07. The third-order valence-electron chi connectivity index (χ3n) is 2.57. The number of hydrogen-bond acceptors (Lipinski definition) is 3. The molecule has 0 aromatic heterocycles. The van der Waals surface area contributed by atoms with Crippen LogP contribution in [0.2, 0.25) is 10.0 Å². The van der Waals surface area contributed by atoms with E-state index in [2.05, 4.69) is 6.92 Å². The molecule has 0 saturated carbocycles. The molecule has 0 fully saturated rings. The Balaban J connectivity index is 2.67. The highest BCUT2D eigenvalue weighted by molar-refractivity contribution is 6.43. The molecule has 1 unspecified atom stereocenters. The minimum Gasteiger partial charge on any atom is -0.462 e. The van der Waals surface area contributed by atoms with Crippen LogP contribution in [0.5, 0.6) is 0 Å². The van der Waals surface area contributed by atoms with Crippen molar-refractivity contribution in [3.63, 3.8) is 0 Å². The van der Waals surface area contributed by atoms with E-state index in [9.17, 15) is 4.79 Å². The lowest BCUT2D eigenvalue weighted by Gasteiger charge is -2.11.